The first-order chi connectivity index (χ1) is 15.2. The minimum Gasteiger partial charge on any atom is -0.508 e. The van der Waals surface area contributed by atoms with Gasteiger partial charge in [0.05, 0.1) is 36.0 Å². The number of ether oxygens (including phenoxy) is 1. The minimum atomic E-state index is -1.44. The van der Waals surface area contributed by atoms with E-state index in [1.807, 2.05) is 19.1 Å². The second-order valence-electron chi connectivity index (χ2n) is 7.70. The molecule has 2 aromatic carbocycles. The molecule has 2 amide bonds. The van der Waals surface area contributed by atoms with Gasteiger partial charge >= 0.3 is 58.2 Å². The Kier molecular flexibility index (Phi) is 11.1. The van der Waals surface area contributed by atoms with E-state index in [9.17, 15) is 30.3 Å². The van der Waals surface area contributed by atoms with Crippen LogP contribution in [0.5, 0.6) is 11.5 Å². The van der Waals surface area contributed by atoms with E-state index < -0.39 is 34.8 Å². The van der Waals surface area contributed by atoms with Gasteiger partial charge < -0.3 is 41.3 Å². The molecule has 1 saturated heterocycles. The van der Waals surface area contributed by atoms with Crippen LogP contribution in [0.1, 0.15) is 27.5 Å². The normalized spacial score (nSPS) is 24.6. The SMILES string of the molecule is Cc1cc(O)c([C@@H]2S[C@H](CO)[C@@H](O)[C@H](O)[C@H]2O)cc1Cc1ccc(OCNC([NH-])=O)cc1.[Rb+]. The molecular weight excluding hydrogens is 522 g/mol. The van der Waals surface area contributed by atoms with Crippen LogP contribution in [0.3, 0.4) is 0 Å². The summed E-state index contributed by atoms with van der Waals surface area (Å²) >= 11 is 1.12. The minimum absolute atomic E-state index is 0. The second kappa shape index (κ2) is 12.8. The summed E-state index contributed by atoms with van der Waals surface area (Å²) in [5.74, 6) is 0.512. The molecule has 9 nitrogen and oxygen atoms in total. The molecule has 11 heteroatoms. The fourth-order valence-corrected chi connectivity index (χ4v) is 5.08. The molecule has 0 saturated carbocycles. The Bertz CT molecular complexity index is 945. The molecule has 1 aliphatic heterocycles. The van der Waals surface area contributed by atoms with Crippen molar-refractivity contribution in [3.05, 3.63) is 64.4 Å². The van der Waals surface area contributed by atoms with E-state index in [2.05, 4.69) is 5.32 Å². The van der Waals surface area contributed by atoms with E-state index in [-0.39, 0.29) is 77.3 Å². The maximum absolute atomic E-state index is 10.6. The zero-order chi connectivity index (χ0) is 23.4. The third-order valence-electron chi connectivity index (χ3n) is 5.47. The summed E-state index contributed by atoms with van der Waals surface area (Å²) in [4.78, 5) is 10.6. The van der Waals surface area contributed by atoms with Crippen LogP contribution in [0.15, 0.2) is 36.4 Å². The number of phenols is 1. The maximum Gasteiger partial charge on any atom is 1.00 e. The number of aromatic hydroxyl groups is 1. The number of hydrogen-bond acceptors (Lipinski definition) is 8. The number of carbonyl (C=O) groups excluding carboxylic acids is 1. The Labute approximate surface area is 245 Å². The first kappa shape index (κ1) is 28.5. The quantitative estimate of drug-likeness (QED) is 0.231. The van der Waals surface area contributed by atoms with E-state index >= 15 is 0 Å². The number of thioether (sulfide) groups is 1. The number of nitrogens with one attached hydrogen (secondary N) is 2. The number of amides is 2. The Morgan fingerprint density at radius 1 is 1.12 bits per heavy atom. The van der Waals surface area contributed by atoms with Crippen molar-refractivity contribution in [3.63, 3.8) is 0 Å². The van der Waals surface area contributed by atoms with Gasteiger partial charge in [0.1, 0.15) is 17.6 Å². The molecule has 0 unspecified atom stereocenters. The Morgan fingerprint density at radius 3 is 2.39 bits per heavy atom. The molecule has 0 aromatic heterocycles. The van der Waals surface area contributed by atoms with Crippen LogP contribution in [0.25, 0.3) is 5.73 Å². The number of benzene rings is 2. The fraction of sp³-hybridized carbons (Fsp3) is 0.409. The van der Waals surface area contributed by atoms with Gasteiger partial charge in [-0.05, 0) is 48.2 Å². The number of aryl methyl sites for hydroxylation is 1. The third kappa shape index (κ3) is 7.15. The molecule has 0 spiro atoms. The van der Waals surface area contributed by atoms with Crippen molar-refractivity contribution in [2.75, 3.05) is 13.3 Å². The topological polar surface area (TPSA) is 163 Å². The number of hydrogen-bond donors (Lipinski definition) is 6. The number of rotatable bonds is 7. The van der Waals surface area contributed by atoms with Crippen molar-refractivity contribution in [1.82, 2.24) is 5.32 Å². The van der Waals surface area contributed by atoms with Crippen LogP contribution in [0.4, 0.5) is 4.79 Å². The molecule has 3 rings (SSSR count). The maximum atomic E-state index is 10.6. The molecule has 7 N–H and O–H groups in total. The summed E-state index contributed by atoms with van der Waals surface area (Å²) in [6.07, 6.45) is -3.47. The fourth-order valence-electron chi connectivity index (χ4n) is 3.64. The molecule has 1 fully saturated rings. The molecule has 2 aromatic rings. The summed E-state index contributed by atoms with van der Waals surface area (Å²) in [6.45, 7) is 1.39. The predicted molar refractivity (Wildman–Crippen MR) is 120 cm³/mol. The van der Waals surface area contributed by atoms with Crippen LogP contribution in [-0.4, -0.2) is 68.5 Å². The number of urea groups is 1. The van der Waals surface area contributed by atoms with Crippen molar-refractivity contribution in [3.8, 4) is 11.5 Å². The summed E-state index contributed by atoms with van der Waals surface area (Å²) in [5.41, 5.74) is 9.92. The Hall–Kier alpha value is -0.695. The summed E-state index contributed by atoms with van der Waals surface area (Å²) < 4.78 is 5.33. The van der Waals surface area contributed by atoms with E-state index in [0.717, 1.165) is 28.5 Å². The zero-order valence-corrected chi connectivity index (χ0v) is 24.2. The van der Waals surface area contributed by atoms with E-state index in [1.165, 1.54) is 0 Å². The second-order valence-corrected chi connectivity index (χ2v) is 9.09. The predicted octanol–water partition coefficient (Wildman–Crippen LogP) is -1.37. The van der Waals surface area contributed by atoms with E-state index in [0.29, 0.717) is 17.7 Å². The smallest absolute Gasteiger partial charge is 0.508 e. The Morgan fingerprint density at radius 2 is 1.79 bits per heavy atom. The molecule has 0 radical (unpaired) electrons. The molecular formula is C22H27N2O7RbS. The van der Waals surface area contributed by atoms with Crippen molar-refractivity contribution >= 4 is 17.8 Å². The molecule has 5 atom stereocenters. The standard InChI is InChI=1S/C22H28N2O7S.Rb/c1-11-6-16(26)15(21-20(29)19(28)18(27)17(9-25)32-21)8-13(11)7-12-2-4-14(5-3-12)31-10-24-22(23)30;/h2-6,8,17-21,25,27-29H,7,9-10H2,1H3,(H4,23,24,26,30);/q;+1/p-1/t17-,18-,19+,20-,21+;/m1./s1. The van der Waals surface area contributed by atoms with Crippen molar-refractivity contribution < 1.29 is 93.3 Å². The first-order valence-electron chi connectivity index (χ1n) is 10.0. The molecule has 174 valence electrons. The molecule has 0 bridgehead atoms. The average molecular weight is 549 g/mol. The van der Waals surface area contributed by atoms with Crippen LogP contribution >= 0.6 is 11.8 Å². The van der Waals surface area contributed by atoms with Gasteiger partial charge in [0.2, 0.25) is 0 Å². The molecule has 0 aliphatic carbocycles. The van der Waals surface area contributed by atoms with Crippen LogP contribution < -0.4 is 68.2 Å². The number of aliphatic hydroxyl groups is 4. The number of carbonyl (C=O) groups is 1. The van der Waals surface area contributed by atoms with Gasteiger partial charge in [-0.15, -0.1) is 11.8 Å². The largest absolute Gasteiger partial charge is 1.00 e. The average Bonchev–Trinajstić information content (AvgIpc) is 2.75. The summed E-state index contributed by atoms with van der Waals surface area (Å²) in [6, 6.07) is 9.65. The van der Waals surface area contributed by atoms with Crippen LogP contribution in [0, 0.1) is 6.92 Å². The van der Waals surface area contributed by atoms with Crippen molar-refractivity contribution in [1.29, 1.82) is 0 Å². The van der Waals surface area contributed by atoms with Gasteiger partial charge in [-0.25, -0.2) is 0 Å². The van der Waals surface area contributed by atoms with Gasteiger partial charge in [0.15, 0.2) is 6.03 Å². The van der Waals surface area contributed by atoms with Gasteiger partial charge in [-0.3, -0.25) is 4.79 Å². The zero-order valence-electron chi connectivity index (χ0n) is 18.4. The molecule has 1 heterocycles. The first-order valence-corrected chi connectivity index (χ1v) is 11.0. The van der Waals surface area contributed by atoms with Crippen LogP contribution in [-0.2, 0) is 6.42 Å². The Balaban J connectivity index is 0.00000385. The van der Waals surface area contributed by atoms with E-state index in [1.54, 1.807) is 24.3 Å². The van der Waals surface area contributed by atoms with Gasteiger partial charge in [0.25, 0.3) is 0 Å². The van der Waals surface area contributed by atoms with Crippen molar-refractivity contribution in [2.45, 2.75) is 42.2 Å². The van der Waals surface area contributed by atoms with Gasteiger partial charge in [-0.2, -0.15) is 0 Å². The summed E-state index contributed by atoms with van der Waals surface area (Å²) in [7, 11) is 0. The van der Waals surface area contributed by atoms with E-state index in [4.69, 9.17) is 10.5 Å². The molecule has 33 heavy (non-hydrogen) atoms. The van der Waals surface area contributed by atoms with Crippen molar-refractivity contribution in [2.24, 2.45) is 0 Å². The number of aliphatic hydroxyl groups excluding tert-OH is 4. The summed E-state index contributed by atoms with van der Waals surface area (Å²) in [5, 5.41) is 51.6. The molecule has 1 aliphatic rings. The monoisotopic (exact) mass is 548 g/mol. The van der Waals surface area contributed by atoms with Crippen LogP contribution in [0.2, 0.25) is 0 Å². The van der Waals surface area contributed by atoms with Gasteiger partial charge in [0, 0.05) is 5.56 Å². The number of phenolic OH excluding ortho intramolecular Hbond substituents is 1. The van der Waals surface area contributed by atoms with Gasteiger partial charge in [-0.1, -0.05) is 18.2 Å². The third-order valence-corrected chi connectivity index (χ3v) is 7.08.